The van der Waals surface area contributed by atoms with Gasteiger partial charge in [0.05, 0.1) is 18.1 Å². The largest absolute Gasteiger partial charge is 0.493 e. The predicted octanol–water partition coefficient (Wildman–Crippen LogP) is 2.08. The van der Waals surface area contributed by atoms with E-state index in [0.29, 0.717) is 17.3 Å². The molecule has 0 amide bonds. The normalized spacial score (nSPS) is 9.90. The molecule has 8 nitrogen and oxygen atoms in total. The Bertz CT molecular complexity index is 633. The highest BCUT2D eigenvalue weighted by Gasteiger charge is 2.13. The molecule has 20 heavy (non-hydrogen) atoms. The second-order valence-corrected chi connectivity index (χ2v) is 3.72. The number of hydrazine groups is 1. The standard InChI is InChI=1S/C12H12N4O4/c1-19-10-3-2-8(16(17)18)6-11(10)20-9-4-5-14-12(7-9)15-13/h2-7H,13H2,1H3,(H,14,15). The van der Waals surface area contributed by atoms with Crippen LogP contribution in [0.15, 0.2) is 36.5 Å². The van der Waals surface area contributed by atoms with Crippen molar-refractivity contribution in [2.75, 3.05) is 12.5 Å². The molecule has 0 spiro atoms. The fraction of sp³-hybridized carbons (Fsp3) is 0.0833. The van der Waals surface area contributed by atoms with Crippen molar-refractivity contribution in [2.24, 2.45) is 5.84 Å². The van der Waals surface area contributed by atoms with Crippen LogP contribution in [0.5, 0.6) is 17.2 Å². The first-order valence-corrected chi connectivity index (χ1v) is 5.57. The van der Waals surface area contributed by atoms with Crippen molar-refractivity contribution in [3.63, 3.8) is 0 Å². The van der Waals surface area contributed by atoms with Crippen LogP contribution in [0.2, 0.25) is 0 Å². The van der Waals surface area contributed by atoms with Gasteiger partial charge in [-0.2, -0.15) is 0 Å². The number of methoxy groups -OCH3 is 1. The topological polar surface area (TPSA) is 113 Å². The van der Waals surface area contributed by atoms with Crippen molar-refractivity contribution in [1.29, 1.82) is 0 Å². The lowest BCUT2D eigenvalue weighted by Crippen LogP contribution is -2.08. The Balaban J connectivity index is 2.35. The molecule has 1 aromatic heterocycles. The summed E-state index contributed by atoms with van der Waals surface area (Å²) < 4.78 is 10.7. The molecule has 0 unspecified atom stereocenters. The van der Waals surface area contributed by atoms with E-state index in [1.54, 1.807) is 12.1 Å². The highest BCUT2D eigenvalue weighted by atomic mass is 16.6. The predicted molar refractivity (Wildman–Crippen MR) is 71.8 cm³/mol. The molecule has 3 N–H and O–H groups in total. The van der Waals surface area contributed by atoms with E-state index in [-0.39, 0.29) is 11.4 Å². The van der Waals surface area contributed by atoms with Gasteiger partial charge < -0.3 is 14.9 Å². The van der Waals surface area contributed by atoms with Gasteiger partial charge in [-0.15, -0.1) is 0 Å². The van der Waals surface area contributed by atoms with Crippen LogP contribution >= 0.6 is 0 Å². The Morgan fingerprint density at radius 3 is 2.75 bits per heavy atom. The van der Waals surface area contributed by atoms with Gasteiger partial charge in [0.1, 0.15) is 11.6 Å². The van der Waals surface area contributed by atoms with Gasteiger partial charge in [-0.1, -0.05) is 0 Å². The molecule has 8 heteroatoms. The maximum Gasteiger partial charge on any atom is 0.273 e. The quantitative estimate of drug-likeness (QED) is 0.488. The number of pyridine rings is 1. The van der Waals surface area contributed by atoms with Gasteiger partial charge in [-0.3, -0.25) is 10.1 Å². The van der Waals surface area contributed by atoms with E-state index in [2.05, 4.69) is 10.4 Å². The van der Waals surface area contributed by atoms with Crippen LogP contribution in [0.3, 0.4) is 0 Å². The van der Waals surface area contributed by atoms with Gasteiger partial charge in [0, 0.05) is 18.3 Å². The van der Waals surface area contributed by atoms with Gasteiger partial charge >= 0.3 is 0 Å². The van der Waals surface area contributed by atoms with Crippen LogP contribution in [0.1, 0.15) is 0 Å². The van der Waals surface area contributed by atoms with Gasteiger partial charge in [0.2, 0.25) is 0 Å². The van der Waals surface area contributed by atoms with E-state index in [1.165, 1.54) is 31.5 Å². The fourth-order valence-corrected chi connectivity index (χ4v) is 1.54. The number of aromatic nitrogens is 1. The van der Waals surface area contributed by atoms with Crippen LogP contribution in [0, 0.1) is 10.1 Å². The van der Waals surface area contributed by atoms with E-state index >= 15 is 0 Å². The van der Waals surface area contributed by atoms with Gasteiger partial charge in [-0.05, 0) is 12.1 Å². The van der Waals surface area contributed by atoms with E-state index in [9.17, 15) is 10.1 Å². The number of benzene rings is 1. The fourth-order valence-electron chi connectivity index (χ4n) is 1.54. The summed E-state index contributed by atoms with van der Waals surface area (Å²) in [7, 11) is 1.45. The second-order valence-electron chi connectivity index (χ2n) is 3.72. The Labute approximate surface area is 114 Å². The van der Waals surface area contributed by atoms with Crippen molar-refractivity contribution in [2.45, 2.75) is 0 Å². The lowest BCUT2D eigenvalue weighted by Gasteiger charge is -2.10. The minimum atomic E-state index is -0.508. The average Bonchev–Trinajstić information content (AvgIpc) is 2.47. The number of nitro groups is 1. The highest BCUT2D eigenvalue weighted by molar-refractivity contribution is 5.51. The number of rotatable bonds is 5. The first-order chi connectivity index (χ1) is 9.63. The SMILES string of the molecule is COc1ccc([N+](=O)[O-])cc1Oc1ccnc(NN)c1. The minimum absolute atomic E-state index is 0.0907. The molecule has 1 aromatic carbocycles. The molecule has 1 heterocycles. The molecule has 2 rings (SSSR count). The van der Waals surface area contributed by atoms with Crippen LogP contribution in [-0.4, -0.2) is 17.0 Å². The molecule has 0 radical (unpaired) electrons. The number of anilines is 1. The van der Waals surface area contributed by atoms with Gasteiger partial charge in [-0.25, -0.2) is 10.8 Å². The molecule has 2 aromatic rings. The lowest BCUT2D eigenvalue weighted by atomic mass is 10.3. The zero-order valence-electron chi connectivity index (χ0n) is 10.6. The zero-order chi connectivity index (χ0) is 14.5. The molecule has 0 atom stereocenters. The highest BCUT2D eigenvalue weighted by Crippen LogP contribution is 2.34. The van der Waals surface area contributed by atoms with Crippen LogP contribution < -0.4 is 20.7 Å². The van der Waals surface area contributed by atoms with Crippen molar-refractivity contribution >= 4 is 11.5 Å². The molecular weight excluding hydrogens is 264 g/mol. The molecule has 0 fully saturated rings. The van der Waals surface area contributed by atoms with E-state index < -0.39 is 4.92 Å². The van der Waals surface area contributed by atoms with Crippen LogP contribution in [-0.2, 0) is 0 Å². The van der Waals surface area contributed by atoms with Crippen molar-refractivity contribution in [3.05, 3.63) is 46.6 Å². The molecule has 0 saturated heterocycles. The number of nitrogen functional groups attached to an aromatic ring is 1. The van der Waals surface area contributed by atoms with Crippen molar-refractivity contribution < 1.29 is 14.4 Å². The third-order valence-electron chi connectivity index (χ3n) is 2.47. The molecular formula is C12H12N4O4. The summed E-state index contributed by atoms with van der Waals surface area (Å²) in [5.41, 5.74) is 2.29. The Hall–Kier alpha value is -2.87. The van der Waals surface area contributed by atoms with Crippen LogP contribution in [0.25, 0.3) is 0 Å². The zero-order valence-corrected chi connectivity index (χ0v) is 10.6. The number of nitrogens with zero attached hydrogens (tertiary/aromatic N) is 2. The summed E-state index contributed by atoms with van der Waals surface area (Å²) in [6.07, 6.45) is 1.49. The van der Waals surface area contributed by atoms with E-state index in [1.807, 2.05) is 0 Å². The first-order valence-electron chi connectivity index (χ1n) is 5.57. The van der Waals surface area contributed by atoms with Crippen molar-refractivity contribution in [1.82, 2.24) is 4.98 Å². The molecule has 0 aliphatic heterocycles. The molecule has 0 saturated carbocycles. The van der Waals surface area contributed by atoms with Crippen molar-refractivity contribution in [3.8, 4) is 17.2 Å². The summed E-state index contributed by atoms with van der Waals surface area (Å²) in [6, 6.07) is 7.24. The lowest BCUT2D eigenvalue weighted by molar-refractivity contribution is -0.384. The number of hydrogen-bond donors (Lipinski definition) is 2. The number of nitrogens with two attached hydrogens (primary N) is 1. The average molecular weight is 276 g/mol. The Kier molecular flexibility index (Phi) is 3.96. The molecule has 0 bridgehead atoms. The number of ether oxygens (including phenoxy) is 2. The molecule has 0 aliphatic carbocycles. The first kappa shape index (κ1) is 13.6. The Morgan fingerprint density at radius 1 is 1.30 bits per heavy atom. The number of nitrogens with one attached hydrogen (secondary N) is 1. The van der Waals surface area contributed by atoms with Crippen LogP contribution in [0.4, 0.5) is 11.5 Å². The second kappa shape index (κ2) is 5.85. The number of hydrogen-bond acceptors (Lipinski definition) is 7. The van der Waals surface area contributed by atoms with Gasteiger partial charge in [0.15, 0.2) is 11.5 Å². The number of non-ortho nitro benzene ring substituents is 1. The van der Waals surface area contributed by atoms with E-state index in [4.69, 9.17) is 15.3 Å². The summed E-state index contributed by atoms with van der Waals surface area (Å²) >= 11 is 0. The van der Waals surface area contributed by atoms with Gasteiger partial charge in [0.25, 0.3) is 5.69 Å². The third-order valence-corrected chi connectivity index (χ3v) is 2.47. The summed E-state index contributed by atoms with van der Waals surface area (Å²) in [5.74, 6) is 6.70. The maximum atomic E-state index is 10.8. The monoisotopic (exact) mass is 276 g/mol. The Morgan fingerprint density at radius 2 is 2.10 bits per heavy atom. The molecule has 0 aliphatic rings. The summed E-state index contributed by atoms with van der Waals surface area (Å²) in [5, 5.41) is 10.8. The summed E-state index contributed by atoms with van der Waals surface area (Å²) in [4.78, 5) is 14.2. The number of nitro benzene ring substituents is 1. The smallest absolute Gasteiger partial charge is 0.273 e. The third kappa shape index (κ3) is 2.93. The summed E-state index contributed by atoms with van der Waals surface area (Å²) in [6.45, 7) is 0. The molecule has 104 valence electrons. The minimum Gasteiger partial charge on any atom is -0.493 e. The van der Waals surface area contributed by atoms with E-state index in [0.717, 1.165) is 0 Å². The maximum absolute atomic E-state index is 10.8.